The van der Waals surface area contributed by atoms with Gasteiger partial charge in [0.25, 0.3) is 5.91 Å². The maximum Gasteiger partial charge on any atom is 0.280 e. The number of hydrogen-bond donors (Lipinski definition) is 0. The zero-order chi connectivity index (χ0) is 26.3. The molecule has 0 radical (unpaired) electrons. The van der Waals surface area contributed by atoms with Gasteiger partial charge in [0.15, 0.2) is 23.3 Å². The van der Waals surface area contributed by atoms with Crippen LogP contribution in [0.15, 0.2) is 51.5 Å². The van der Waals surface area contributed by atoms with E-state index in [2.05, 4.69) is 21.0 Å². The van der Waals surface area contributed by atoms with Gasteiger partial charge in [-0.2, -0.15) is 10.1 Å². The second-order valence-electron chi connectivity index (χ2n) is 7.51. The van der Waals surface area contributed by atoms with E-state index in [0.717, 1.165) is 5.56 Å². The second kappa shape index (κ2) is 10.5. The van der Waals surface area contributed by atoms with Crippen LogP contribution < -0.4 is 9.75 Å². The smallest absolute Gasteiger partial charge is 0.280 e. The van der Waals surface area contributed by atoms with Crippen molar-refractivity contribution in [1.29, 1.82) is 0 Å². The van der Waals surface area contributed by atoms with E-state index < -0.39 is 40.7 Å². The number of carbonyl (C=O) groups excluding carboxylic acids is 1. The first-order chi connectivity index (χ1) is 17.0. The van der Waals surface area contributed by atoms with Crippen LogP contribution >= 0.6 is 50.1 Å². The van der Waals surface area contributed by atoms with Gasteiger partial charge in [0.05, 0.1) is 19.3 Å². The Labute approximate surface area is 228 Å². The van der Waals surface area contributed by atoms with E-state index in [1.165, 1.54) is 13.0 Å². The van der Waals surface area contributed by atoms with Crippen molar-refractivity contribution in [2.24, 2.45) is 5.10 Å². The molecule has 1 heterocycles. The molecular weight excluding hydrogens is 686 g/mol. The lowest BCUT2D eigenvalue weighted by atomic mass is 10.1. The quantitative estimate of drug-likeness (QED) is 0.0899. The minimum absolute atomic E-state index is 0.0261. The van der Waals surface area contributed by atoms with Gasteiger partial charge in [-0.25, -0.2) is 22.0 Å². The van der Waals surface area contributed by atoms with Gasteiger partial charge in [0.1, 0.15) is 18.0 Å². The monoisotopic (exact) mass is 696 g/mol. The minimum Gasteiger partial charge on any atom is -0.487 e. The van der Waals surface area contributed by atoms with E-state index in [1.807, 2.05) is 34.7 Å². The van der Waals surface area contributed by atoms with E-state index in [-0.39, 0.29) is 22.9 Å². The molecule has 3 aromatic rings. The third-order valence-electron chi connectivity index (χ3n) is 5.09. The van der Waals surface area contributed by atoms with Gasteiger partial charge in [-0.1, -0.05) is 23.7 Å². The summed E-state index contributed by atoms with van der Waals surface area (Å²) in [4.78, 5) is 12.9. The maximum atomic E-state index is 14.2. The Morgan fingerprint density at radius 2 is 1.61 bits per heavy atom. The summed E-state index contributed by atoms with van der Waals surface area (Å²) in [5.74, 6) is -11.5. The average Bonchev–Trinajstić information content (AvgIpc) is 3.10. The van der Waals surface area contributed by atoms with Gasteiger partial charge < -0.3 is 4.74 Å². The van der Waals surface area contributed by atoms with Crippen molar-refractivity contribution in [2.75, 3.05) is 5.01 Å². The number of hydrogen-bond acceptors (Lipinski definition) is 3. The molecule has 0 saturated heterocycles. The van der Waals surface area contributed by atoms with Crippen molar-refractivity contribution in [3.8, 4) is 5.75 Å². The molecule has 0 spiro atoms. The predicted octanol–water partition coefficient (Wildman–Crippen LogP) is 7.79. The predicted molar refractivity (Wildman–Crippen MR) is 137 cm³/mol. The van der Waals surface area contributed by atoms with Crippen molar-refractivity contribution >= 4 is 73.5 Å². The molecule has 0 aliphatic carbocycles. The first-order valence-corrected chi connectivity index (χ1v) is 12.2. The van der Waals surface area contributed by atoms with Crippen LogP contribution in [0, 0.1) is 32.7 Å². The highest BCUT2D eigenvalue weighted by Gasteiger charge is 2.37. The van der Waals surface area contributed by atoms with Gasteiger partial charge in [-0.15, -0.1) is 0 Å². The summed E-state index contributed by atoms with van der Waals surface area (Å²) in [5.41, 5.74) is -0.109. The molecule has 36 heavy (non-hydrogen) atoms. The molecule has 0 fully saturated rings. The molecular formula is C24H12BrClF5IN2O2. The fraction of sp³-hybridized carbons (Fsp3) is 0.0833. The summed E-state index contributed by atoms with van der Waals surface area (Å²) < 4.78 is 76.3. The third kappa shape index (κ3) is 5.00. The average molecular weight is 698 g/mol. The van der Waals surface area contributed by atoms with Crippen molar-refractivity contribution < 1.29 is 31.5 Å². The zero-order valence-corrected chi connectivity index (χ0v) is 22.5. The van der Waals surface area contributed by atoms with Crippen LogP contribution in [0.25, 0.3) is 6.08 Å². The molecule has 12 heteroatoms. The SMILES string of the molecule is CC1=NN(c2c(F)c(F)c(F)c(F)c2F)C(=O)/C1=C/c1cc(Br)c(OCc2ccc(Cl)cc2)c(I)c1. The lowest BCUT2D eigenvalue weighted by Crippen LogP contribution is -2.25. The number of carbonyl (C=O) groups is 1. The topological polar surface area (TPSA) is 41.9 Å². The number of nitrogens with zero attached hydrogens (tertiary/aromatic N) is 2. The van der Waals surface area contributed by atoms with E-state index >= 15 is 0 Å². The first-order valence-electron chi connectivity index (χ1n) is 9.99. The van der Waals surface area contributed by atoms with Gasteiger partial charge in [-0.3, -0.25) is 4.79 Å². The lowest BCUT2D eigenvalue weighted by Gasteiger charge is -2.15. The number of anilines is 1. The molecule has 0 atom stereocenters. The number of amides is 1. The number of ether oxygens (including phenoxy) is 1. The minimum atomic E-state index is -2.32. The molecule has 0 unspecified atom stereocenters. The number of benzene rings is 3. The molecule has 0 bridgehead atoms. The number of hydrazone groups is 1. The maximum absolute atomic E-state index is 14.2. The summed E-state index contributed by atoms with van der Waals surface area (Å²) in [6, 6.07) is 10.5. The molecule has 1 aliphatic heterocycles. The first kappa shape index (κ1) is 26.6. The molecule has 1 aliphatic rings. The molecule has 3 aromatic carbocycles. The second-order valence-corrected chi connectivity index (χ2v) is 9.96. The highest BCUT2D eigenvalue weighted by atomic mass is 127. The zero-order valence-electron chi connectivity index (χ0n) is 18.0. The van der Waals surface area contributed by atoms with Crippen LogP contribution in [-0.4, -0.2) is 11.6 Å². The Morgan fingerprint density at radius 1 is 1.03 bits per heavy atom. The molecule has 4 nitrogen and oxygen atoms in total. The van der Waals surface area contributed by atoms with Crippen LogP contribution in [0.1, 0.15) is 18.1 Å². The Kier molecular flexibility index (Phi) is 7.72. The van der Waals surface area contributed by atoms with Crippen molar-refractivity contribution in [3.63, 3.8) is 0 Å². The van der Waals surface area contributed by atoms with Crippen LogP contribution in [-0.2, 0) is 11.4 Å². The molecule has 1 amide bonds. The van der Waals surface area contributed by atoms with E-state index in [1.54, 1.807) is 24.3 Å². The number of halogens is 8. The highest BCUT2D eigenvalue weighted by Crippen LogP contribution is 2.36. The number of rotatable bonds is 5. The Hall–Kier alpha value is -2.51. The van der Waals surface area contributed by atoms with Crippen LogP contribution in [0.3, 0.4) is 0 Å². The Bertz CT molecular complexity index is 1410. The van der Waals surface area contributed by atoms with Crippen molar-refractivity contribution in [1.82, 2.24) is 0 Å². The molecule has 0 saturated carbocycles. The summed E-state index contributed by atoms with van der Waals surface area (Å²) in [6.45, 7) is 1.65. The van der Waals surface area contributed by atoms with Gasteiger partial charge >= 0.3 is 0 Å². The summed E-state index contributed by atoms with van der Waals surface area (Å²) in [7, 11) is 0. The Balaban J connectivity index is 1.62. The molecule has 0 N–H and O–H groups in total. The van der Waals surface area contributed by atoms with E-state index in [9.17, 15) is 26.7 Å². The van der Waals surface area contributed by atoms with Gasteiger partial charge in [0.2, 0.25) is 5.82 Å². The third-order valence-corrected chi connectivity index (χ3v) is 6.73. The van der Waals surface area contributed by atoms with Crippen molar-refractivity contribution in [2.45, 2.75) is 13.5 Å². The Morgan fingerprint density at radius 3 is 2.19 bits per heavy atom. The van der Waals surface area contributed by atoms with Gasteiger partial charge in [0, 0.05) is 5.02 Å². The van der Waals surface area contributed by atoms with E-state index in [4.69, 9.17) is 16.3 Å². The standard InChI is InChI=1S/C24H12BrClF5IN2O2/c1-10-14(24(35)34(33-10)22-20(30)18(28)17(27)19(29)21(22)31)6-12-7-15(25)23(16(32)8-12)36-9-11-2-4-13(26)5-3-11/h2-8H,9H2,1H3/b14-6+. The molecule has 186 valence electrons. The van der Waals surface area contributed by atoms with Crippen LogP contribution in [0.4, 0.5) is 27.6 Å². The van der Waals surface area contributed by atoms with Gasteiger partial charge in [-0.05, 0) is 86.9 Å². The molecule has 0 aromatic heterocycles. The fourth-order valence-corrected chi connectivity index (χ4v) is 5.21. The highest BCUT2D eigenvalue weighted by molar-refractivity contribution is 14.1. The molecule has 4 rings (SSSR count). The largest absolute Gasteiger partial charge is 0.487 e. The lowest BCUT2D eigenvalue weighted by molar-refractivity contribution is -0.114. The summed E-state index contributed by atoms with van der Waals surface area (Å²) >= 11 is 11.4. The van der Waals surface area contributed by atoms with Crippen molar-refractivity contribution in [3.05, 3.63) is 95.2 Å². The summed E-state index contributed by atoms with van der Waals surface area (Å²) in [6.07, 6.45) is 1.39. The fourth-order valence-electron chi connectivity index (χ4n) is 3.32. The van der Waals surface area contributed by atoms with E-state index in [0.29, 0.717) is 24.4 Å². The normalized spacial score (nSPS) is 14.6. The summed E-state index contributed by atoms with van der Waals surface area (Å²) in [5, 5.41) is 4.50. The van der Waals surface area contributed by atoms with Crippen LogP contribution in [0.5, 0.6) is 5.75 Å². The van der Waals surface area contributed by atoms with Crippen LogP contribution in [0.2, 0.25) is 5.02 Å².